The minimum Gasteiger partial charge on any atom is -0.493 e. The lowest BCUT2D eigenvalue weighted by Gasteiger charge is -2.18. The maximum Gasteiger partial charge on any atom is 0.259 e. The molecule has 0 bridgehead atoms. The Morgan fingerprint density at radius 2 is 1.48 bits per heavy atom. The van der Waals surface area contributed by atoms with Gasteiger partial charge in [0.05, 0.1) is 17.0 Å². The van der Waals surface area contributed by atoms with E-state index < -0.39 is 28.8 Å². The van der Waals surface area contributed by atoms with Crippen molar-refractivity contribution in [3.8, 4) is 11.8 Å². The van der Waals surface area contributed by atoms with Crippen LogP contribution in [0.1, 0.15) is 22.6 Å². The molecule has 0 unspecified atom stereocenters. The Hall–Kier alpha value is -2.79. The van der Waals surface area contributed by atoms with Gasteiger partial charge in [-0.15, -0.1) is 0 Å². The van der Waals surface area contributed by atoms with Gasteiger partial charge >= 0.3 is 0 Å². The van der Waals surface area contributed by atoms with Crippen molar-refractivity contribution in [2.24, 2.45) is 0 Å². The van der Waals surface area contributed by atoms with E-state index >= 15 is 0 Å². The second kappa shape index (κ2) is 7.84. The number of nitrogens with zero attached hydrogens (tertiary/aromatic N) is 3. The second-order valence-electron chi connectivity index (χ2n) is 5.34. The molecule has 140 valence electrons. The van der Waals surface area contributed by atoms with Gasteiger partial charge in [0.1, 0.15) is 0 Å². The zero-order valence-corrected chi connectivity index (χ0v) is 15.9. The fourth-order valence-corrected chi connectivity index (χ4v) is 3.38. The number of pyridine rings is 1. The van der Waals surface area contributed by atoms with Crippen molar-refractivity contribution in [1.29, 1.82) is 0 Å². The molecule has 0 aliphatic heterocycles. The van der Waals surface area contributed by atoms with E-state index in [0.29, 0.717) is 5.56 Å². The molecule has 9 nitrogen and oxygen atoms in total. The number of aromatic amines is 2. The van der Waals surface area contributed by atoms with E-state index in [-0.39, 0.29) is 21.4 Å². The quantitative estimate of drug-likeness (QED) is 0.364. The normalized spacial score (nSPS) is 11.1. The molecule has 0 spiro atoms. The van der Waals surface area contributed by atoms with Crippen molar-refractivity contribution >= 4 is 23.5 Å². The summed E-state index contributed by atoms with van der Waals surface area (Å²) in [6.07, 6.45) is 6.35. The second-order valence-corrected chi connectivity index (χ2v) is 6.93. The Morgan fingerprint density at radius 3 is 1.85 bits per heavy atom. The molecule has 0 atom stereocenters. The monoisotopic (exact) mass is 405 g/mol. The standard InChI is InChI=1S/C16H15N5O4S2/c1-26-15-18-11(22)9(12(23)19-15)8(7-4-3-5-17-6-7)10-13(24)20-16(27-2)21-14(10)25/h3-6,8H,1-2H3,(H2,18,19,22,23)(H2,20,21,24,25). The van der Waals surface area contributed by atoms with Gasteiger partial charge in [-0.1, -0.05) is 29.6 Å². The van der Waals surface area contributed by atoms with Gasteiger partial charge in [-0.25, -0.2) is 0 Å². The molecule has 0 aromatic carbocycles. The van der Waals surface area contributed by atoms with E-state index in [4.69, 9.17) is 0 Å². The number of aromatic nitrogens is 5. The largest absolute Gasteiger partial charge is 0.493 e. The first-order valence-electron chi connectivity index (χ1n) is 7.60. The third-order valence-corrected chi connectivity index (χ3v) is 4.97. The summed E-state index contributed by atoms with van der Waals surface area (Å²) >= 11 is 2.30. The average Bonchev–Trinajstić information content (AvgIpc) is 2.66. The van der Waals surface area contributed by atoms with Crippen LogP contribution >= 0.6 is 23.5 Å². The van der Waals surface area contributed by atoms with Crippen molar-refractivity contribution in [3.63, 3.8) is 0 Å². The van der Waals surface area contributed by atoms with Crippen LogP contribution in [0.3, 0.4) is 0 Å². The minimum absolute atomic E-state index is 0.180. The van der Waals surface area contributed by atoms with Gasteiger partial charge in [0.2, 0.25) is 11.8 Å². The highest BCUT2D eigenvalue weighted by Crippen LogP contribution is 2.35. The molecule has 0 saturated heterocycles. The maximum atomic E-state index is 12.6. The zero-order valence-electron chi connectivity index (χ0n) is 14.3. The van der Waals surface area contributed by atoms with Gasteiger partial charge in [-0.05, 0) is 24.1 Å². The predicted molar refractivity (Wildman–Crippen MR) is 102 cm³/mol. The molecule has 27 heavy (non-hydrogen) atoms. The molecule has 3 heterocycles. The van der Waals surface area contributed by atoms with Crippen LogP contribution in [-0.4, -0.2) is 47.6 Å². The lowest BCUT2D eigenvalue weighted by atomic mass is 9.88. The average molecular weight is 405 g/mol. The summed E-state index contributed by atoms with van der Waals surface area (Å²) in [6, 6.07) is 3.24. The van der Waals surface area contributed by atoms with Crippen LogP contribution in [0.2, 0.25) is 0 Å². The molecule has 3 rings (SSSR count). The molecular weight excluding hydrogens is 390 g/mol. The molecule has 0 aliphatic carbocycles. The number of nitrogens with one attached hydrogen (secondary N) is 2. The first-order valence-corrected chi connectivity index (χ1v) is 10.1. The summed E-state index contributed by atoms with van der Waals surface area (Å²) in [6.45, 7) is 0. The van der Waals surface area contributed by atoms with Crippen molar-refractivity contribution in [1.82, 2.24) is 24.9 Å². The molecule has 11 heteroatoms. The van der Waals surface area contributed by atoms with E-state index in [1.54, 1.807) is 24.6 Å². The Bertz CT molecular complexity index is 1020. The first-order chi connectivity index (χ1) is 13.0. The summed E-state index contributed by atoms with van der Waals surface area (Å²) in [7, 11) is 0. The topological polar surface area (TPSA) is 145 Å². The molecule has 0 fully saturated rings. The van der Waals surface area contributed by atoms with E-state index in [9.17, 15) is 19.8 Å². The molecule has 0 aliphatic rings. The van der Waals surface area contributed by atoms with Crippen molar-refractivity contribution < 1.29 is 10.2 Å². The third kappa shape index (κ3) is 3.69. The molecule has 0 saturated carbocycles. The Kier molecular flexibility index (Phi) is 5.51. The van der Waals surface area contributed by atoms with Gasteiger partial charge in [-0.2, -0.15) is 9.97 Å². The van der Waals surface area contributed by atoms with Crippen LogP contribution in [-0.2, 0) is 0 Å². The van der Waals surface area contributed by atoms with E-state index in [1.807, 2.05) is 0 Å². The van der Waals surface area contributed by atoms with E-state index in [1.165, 1.54) is 12.4 Å². The van der Waals surface area contributed by atoms with Crippen molar-refractivity contribution in [3.05, 3.63) is 61.9 Å². The Balaban J connectivity index is 2.34. The molecule has 4 N–H and O–H groups in total. The van der Waals surface area contributed by atoms with Gasteiger partial charge in [0, 0.05) is 12.4 Å². The predicted octanol–water partition coefficient (Wildman–Crippen LogP) is 1.28. The van der Waals surface area contributed by atoms with Crippen LogP contribution in [0, 0.1) is 0 Å². The third-order valence-electron chi connectivity index (χ3n) is 3.81. The Labute approximate surface area is 161 Å². The summed E-state index contributed by atoms with van der Waals surface area (Å²) in [5.41, 5.74) is -1.21. The van der Waals surface area contributed by atoms with Gasteiger partial charge in [-0.3, -0.25) is 14.6 Å². The molecule has 0 amide bonds. The van der Waals surface area contributed by atoms with Crippen LogP contribution in [0.15, 0.2) is 44.4 Å². The highest BCUT2D eigenvalue weighted by molar-refractivity contribution is 7.98. The highest BCUT2D eigenvalue weighted by atomic mass is 32.2. The SMILES string of the molecule is CSc1nc(O)c(C(c2cccnc2)c2c(O)nc(SC)[nH]c2=O)c(=O)[nH]1. The van der Waals surface area contributed by atoms with Gasteiger partial charge < -0.3 is 20.2 Å². The van der Waals surface area contributed by atoms with Crippen molar-refractivity contribution in [2.45, 2.75) is 16.2 Å². The van der Waals surface area contributed by atoms with Gasteiger partial charge in [0.15, 0.2) is 10.3 Å². The van der Waals surface area contributed by atoms with Crippen LogP contribution in [0.4, 0.5) is 0 Å². The van der Waals surface area contributed by atoms with E-state index in [0.717, 1.165) is 23.5 Å². The number of H-pyrrole nitrogens is 2. The summed E-state index contributed by atoms with van der Waals surface area (Å²) in [5.74, 6) is -2.19. The summed E-state index contributed by atoms with van der Waals surface area (Å²) < 4.78 is 0. The van der Waals surface area contributed by atoms with Crippen LogP contribution in [0.5, 0.6) is 11.8 Å². The molecule has 3 aromatic rings. The van der Waals surface area contributed by atoms with Crippen LogP contribution < -0.4 is 11.1 Å². The van der Waals surface area contributed by atoms with E-state index in [2.05, 4.69) is 24.9 Å². The fraction of sp³-hybridized carbons (Fsp3) is 0.188. The smallest absolute Gasteiger partial charge is 0.259 e. The number of hydrogen-bond acceptors (Lipinski definition) is 9. The maximum absolute atomic E-state index is 12.6. The number of hydrogen-bond donors (Lipinski definition) is 4. The number of thioether (sulfide) groups is 2. The minimum atomic E-state index is -1.11. The highest BCUT2D eigenvalue weighted by Gasteiger charge is 2.31. The number of rotatable bonds is 5. The Morgan fingerprint density at radius 1 is 0.963 bits per heavy atom. The summed E-state index contributed by atoms with van der Waals surface area (Å²) in [4.78, 5) is 42.3. The first kappa shape index (κ1) is 19.0. The van der Waals surface area contributed by atoms with Crippen LogP contribution in [0.25, 0.3) is 0 Å². The lowest BCUT2D eigenvalue weighted by molar-refractivity contribution is 0.424. The van der Waals surface area contributed by atoms with Gasteiger partial charge in [0.25, 0.3) is 11.1 Å². The zero-order chi connectivity index (χ0) is 19.6. The molecular formula is C16H15N5O4S2. The fourth-order valence-electron chi connectivity index (χ4n) is 2.64. The number of aromatic hydroxyl groups is 2. The summed E-state index contributed by atoms with van der Waals surface area (Å²) in [5, 5.41) is 21.2. The molecule has 3 aromatic heterocycles. The molecule has 0 radical (unpaired) electrons. The lowest BCUT2D eigenvalue weighted by Crippen LogP contribution is -2.26. The van der Waals surface area contributed by atoms with Crippen molar-refractivity contribution in [2.75, 3.05) is 12.5 Å².